The number of aromatic nitrogens is 3. The zero-order valence-electron chi connectivity index (χ0n) is 12.0. The van der Waals surface area contributed by atoms with Crippen molar-refractivity contribution in [1.29, 1.82) is 0 Å². The van der Waals surface area contributed by atoms with E-state index in [2.05, 4.69) is 27.1 Å². The van der Waals surface area contributed by atoms with E-state index in [0.29, 0.717) is 12.8 Å². The number of benzene rings is 1. The van der Waals surface area contributed by atoms with Crippen LogP contribution in [0.5, 0.6) is 0 Å². The maximum absolute atomic E-state index is 13.0. The van der Waals surface area contributed by atoms with E-state index in [0.717, 1.165) is 6.07 Å². The number of fused-ring (bicyclic) bond motifs is 1. The fraction of sp³-hybridized carbons (Fsp3) is 0.500. The first-order valence-electron chi connectivity index (χ1n) is 6.92. The van der Waals surface area contributed by atoms with E-state index in [9.17, 15) is 17.7 Å². The van der Waals surface area contributed by atoms with E-state index in [1.54, 1.807) is 0 Å². The van der Waals surface area contributed by atoms with Crippen LogP contribution in [0.25, 0.3) is 11.0 Å². The summed E-state index contributed by atoms with van der Waals surface area (Å²) in [7, 11) is 0. The predicted molar refractivity (Wildman–Crippen MR) is 80.4 cm³/mol. The SMILES string of the molecule is O=P(O)(S)OC[C@@H]1CC[C@H](n2nnc3c(C(F)(F)F)cccc32)O1. The predicted octanol–water partition coefficient (Wildman–Crippen LogP) is 3.17. The Labute approximate surface area is 139 Å². The summed E-state index contributed by atoms with van der Waals surface area (Å²) in [5.41, 5.74) is -0.901. The lowest BCUT2D eigenvalue weighted by Crippen LogP contribution is -2.16. The van der Waals surface area contributed by atoms with E-state index in [-0.39, 0.29) is 17.6 Å². The first-order chi connectivity index (χ1) is 11.1. The van der Waals surface area contributed by atoms with Gasteiger partial charge in [0.25, 0.3) is 0 Å². The minimum atomic E-state index is -4.53. The van der Waals surface area contributed by atoms with Gasteiger partial charge in [0.05, 0.1) is 23.8 Å². The molecule has 1 unspecified atom stereocenters. The highest BCUT2D eigenvalue weighted by molar-refractivity contribution is 8.44. The molecule has 12 heteroatoms. The van der Waals surface area contributed by atoms with Crippen molar-refractivity contribution in [2.75, 3.05) is 6.61 Å². The Morgan fingerprint density at radius 2 is 2.21 bits per heavy atom. The number of rotatable bonds is 4. The quantitative estimate of drug-likeness (QED) is 0.623. The minimum Gasteiger partial charge on any atom is -0.351 e. The maximum Gasteiger partial charge on any atom is 0.418 e. The third-order valence-corrected chi connectivity index (χ3v) is 4.43. The van der Waals surface area contributed by atoms with Crippen LogP contribution in [-0.4, -0.2) is 32.6 Å². The molecule has 1 N–H and O–H groups in total. The number of hydrogen-bond donors (Lipinski definition) is 2. The molecule has 0 aliphatic carbocycles. The van der Waals surface area contributed by atoms with Crippen LogP contribution >= 0.6 is 19.0 Å². The van der Waals surface area contributed by atoms with Gasteiger partial charge in [0, 0.05) is 0 Å². The van der Waals surface area contributed by atoms with E-state index < -0.39 is 30.9 Å². The molecule has 1 aromatic carbocycles. The summed E-state index contributed by atoms with van der Waals surface area (Å²) >= 11 is 3.40. The maximum atomic E-state index is 13.0. The molecule has 7 nitrogen and oxygen atoms in total. The molecule has 24 heavy (non-hydrogen) atoms. The lowest BCUT2D eigenvalue weighted by Gasteiger charge is -2.15. The molecule has 0 amide bonds. The van der Waals surface area contributed by atoms with Gasteiger partial charge in [-0.1, -0.05) is 23.5 Å². The lowest BCUT2D eigenvalue weighted by atomic mass is 10.1. The molecular weight excluding hydrogens is 370 g/mol. The van der Waals surface area contributed by atoms with Gasteiger partial charge in [-0.15, -0.1) is 5.10 Å². The van der Waals surface area contributed by atoms with Crippen molar-refractivity contribution in [3.63, 3.8) is 0 Å². The van der Waals surface area contributed by atoms with Gasteiger partial charge in [-0.2, -0.15) is 13.2 Å². The van der Waals surface area contributed by atoms with Crippen LogP contribution in [-0.2, 0) is 20.0 Å². The lowest BCUT2D eigenvalue weighted by molar-refractivity contribution is -0.136. The van der Waals surface area contributed by atoms with Crippen LogP contribution < -0.4 is 0 Å². The average Bonchev–Trinajstić information content (AvgIpc) is 3.09. The molecule has 0 radical (unpaired) electrons. The Morgan fingerprint density at radius 3 is 2.88 bits per heavy atom. The summed E-state index contributed by atoms with van der Waals surface area (Å²) < 4.78 is 61.6. The molecule has 132 valence electrons. The number of hydrogen-bond acceptors (Lipinski definition) is 5. The summed E-state index contributed by atoms with van der Waals surface area (Å²) in [5.74, 6) is 0. The molecule has 1 saturated heterocycles. The van der Waals surface area contributed by atoms with Gasteiger partial charge in [0.1, 0.15) is 5.52 Å². The Kier molecular flexibility index (Phi) is 4.65. The molecule has 3 atom stereocenters. The average molecular weight is 383 g/mol. The summed E-state index contributed by atoms with van der Waals surface area (Å²) in [5, 5.41) is 7.40. The van der Waals surface area contributed by atoms with E-state index in [1.807, 2.05) is 0 Å². The summed E-state index contributed by atoms with van der Waals surface area (Å²) in [6.07, 6.45) is -4.66. The number of halogens is 3. The first-order valence-corrected chi connectivity index (χ1v) is 9.65. The molecule has 3 rings (SSSR count). The largest absolute Gasteiger partial charge is 0.418 e. The number of nitrogens with zero attached hydrogens (tertiary/aromatic N) is 3. The van der Waals surface area contributed by atoms with Gasteiger partial charge in [-0.25, -0.2) is 9.25 Å². The molecule has 1 aromatic heterocycles. The van der Waals surface area contributed by atoms with Crippen LogP contribution in [0.3, 0.4) is 0 Å². The molecule has 0 bridgehead atoms. The highest BCUT2D eigenvalue weighted by atomic mass is 32.7. The number of alkyl halides is 3. The molecule has 1 fully saturated rings. The van der Waals surface area contributed by atoms with Crippen molar-refractivity contribution in [3.05, 3.63) is 23.8 Å². The zero-order chi connectivity index (χ0) is 17.5. The summed E-state index contributed by atoms with van der Waals surface area (Å²) in [6, 6.07) is 3.70. The van der Waals surface area contributed by atoms with Crippen LogP contribution in [0, 0.1) is 0 Å². The monoisotopic (exact) mass is 383 g/mol. The molecule has 1 aliphatic heterocycles. The Bertz CT molecular complexity index is 793. The van der Waals surface area contributed by atoms with Crippen molar-refractivity contribution >= 4 is 30.1 Å². The molecule has 2 heterocycles. The second-order valence-corrected chi connectivity index (χ2v) is 8.04. The normalized spacial score (nSPS) is 24.4. The van der Waals surface area contributed by atoms with E-state index in [1.165, 1.54) is 16.8 Å². The van der Waals surface area contributed by atoms with Crippen molar-refractivity contribution in [2.45, 2.75) is 31.3 Å². The van der Waals surface area contributed by atoms with Crippen LogP contribution in [0.2, 0.25) is 0 Å². The van der Waals surface area contributed by atoms with Gasteiger partial charge < -0.3 is 9.63 Å². The summed E-state index contributed by atoms with van der Waals surface area (Å²) in [4.78, 5) is 8.98. The second kappa shape index (κ2) is 6.30. The third kappa shape index (κ3) is 3.75. The molecule has 0 saturated carbocycles. The standard InChI is InChI=1S/C12H13F3N3O4PS/c13-12(14,15)8-2-1-3-9-11(8)16-17-18(9)10-5-4-7(22-10)6-21-23(19,20)24/h1-3,7,10H,4-6H2,(H2,19,20,24)/t7-,10+/m0/s1. The Balaban J connectivity index is 1.80. The molecule has 1 aliphatic rings. The number of ether oxygens (including phenoxy) is 1. The molecular formula is C12H13F3N3O4PS. The van der Waals surface area contributed by atoms with Crippen LogP contribution in [0.1, 0.15) is 24.6 Å². The van der Waals surface area contributed by atoms with Crippen molar-refractivity contribution in [1.82, 2.24) is 15.0 Å². The van der Waals surface area contributed by atoms with E-state index in [4.69, 9.17) is 9.63 Å². The van der Waals surface area contributed by atoms with Crippen molar-refractivity contribution in [3.8, 4) is 0 Å². The van der Waals surface area contributed by atoms with Gasteiger partial charge in [-0.3, -0.25) is 4.52 Å². The highest BCUT2D eigenvalue weighted by Gasteiger charge is 2.36. The van der Waals surface area contributed by atoms with Crippen LogP contribution in [0.15, 0.2) is 18.2 Å². The molecule has 2 aromatic rings. The zero-order valence-corrected chi connectivity index (χ0v) is 13.8. The third-order valence-electron chi connectivity index (χ3n) is 3.59. The first kappa shape index (κ1) is 17.7. The van der Waals surface area contributed by atoms with Gasteiger partial charge >= 0.3 is 13.0 Å². The van der Waals surface area contributed by atoms with E-state index >= 15 is 0 Å². The van der Waals surface area contributed by atoms with Crippen molar-refractivity contribution in [2.24, 2.45) is 0 Å². The van der Waals surface area contributed by atoms with Gasteiger partial charge in [-0.05, 0) is 25.0 Å². The Morgan fingerprint density at radius 1 is 1.46 bits per heavy atom. The van der Waals surface area contributed by atoms with Gasteiger partial charge in [0.15, 0.2) is 6.23 Å². The molecule has 0 spiro atoms. The fourth-order valence-corrected chi connectivity index (χ4v) is 3.13. The highest BCUT2D eigenvalue weighted by Crippen LogP contribution is 2.47. The fourth-order valence-electron chi connectivity index (χ4n) is 2.57. The minimum absolute atomic E-state index is 0.145. The number of thiol groups is 1. The smallest absolute Gasteiger partial charge is 0.351 e. The topological polar surface area (TPSA) is 86.5 Å². The Hall–Kier alpha value is -1.13. The summed E-state index contributed by atoms with van der Waals surface area (Å²) in [6.45, 7) is -4.05. The van der Waals surface area contributed by atoms with Gasteiger partial charge in [0.2, 0.25) is 0 Å². The van der Waals surface area contributed by atoms with Crippen LogP contribution in [0.4, 0.5) is 13.2 Å². The van der Waals surface area contributed by atoms with Crippen molar-refractivity contribution < 1.29 is 31.9 Å². The second-order valence-electron chi connectivity index (χ2n) is 5.28.